The smallest absolute Gasteiger partial charge is 0.260 e. The number of nitrogens with one attached hydrogen (secondary N) is 1. The number of anilines is 1. The normalized spacial score (nSPS) is 10.1. The Balaban J connectivity index is 2.03. The summed E-state index contributed by atoms with van der Waals surface area (Å²) in [7, 11) is 3.15. The van der Waals surface area contributed by atoms with Crippen LogP contribution in [0.3, 0.4) is 0 Å². The van der Waals surface area contributed by atoms with Crippen molar-refractivity contribution in [2.24, 2.45) is 0 Å². The molecule has 0 unspecified atom stereocenters. The fourth-order valence-electron chi connectivity index (χ4n) is 2.69. The van der Waals surface area contributed by atoms with Crippen molar-refractivity contribution in [2.45, 2.75) is 20.4 Å². The molecule has 0 spiro atoms. The number of para-hydroxylation sites is 2. The predicted molar refractivity (Wildman–Crippen MR) is 107 cm³/mol. The molecule has 150 valence electrons. The van der Waals surface area contributed by atoms with Gasteiger partial charge in [-0.05, 0) is 36.8 Å². The largest absolute Gasteiger partial charge is 0.493 e. The van der Waals surface area contributed by atoms with Crippen molar-refractivity contribution >= 4 is 17.5 Å². The van der Waals surface area contributed by atoms with Crippen LogP contribution in [0.5, 0.6) is 17.2 Å². The molecule has 7 heteroatoms. The average Bonchev–Trinajstić information content (AvgIpc) is 2.70. The molecule has 0 aliphatic rings. The summed E-state index contributed by atoms with van der Waals surface area (Å²) in [5.41, 5.74) is 1.46. The molecule has 2 rings (SSSR count). The van der Waals surface area contributed by atoms with Gasteiger partial charge in [0, 0.05) is 20.0 Å². The molecule has 0 radical (unpaired) electrons. The second-order valence-electron chi connectivity index (χ2n) is 6.06. The summed E-state index contributed by atoms with van der Waals surface area (Å²) >= 11 is 0. The van der Waals surface area contributed by atoms with Crippen molar-refractivity contribution in [3.8, 4) is 17.2 Å². The number of benzene rings is 2. The van der Waals surface area contributed by atoms with E-state index in [2.05, 4.69) is 5.32 Å². The van der Waals surface area contributed by atoms with Gasteiger partial charge in [-0.1, -0.05) is 18.2 Å². The van der Waals surface area contributed by atoms with Gasteiger partial charge in [-0.2, -0.15) is 0 Å². The van der Waals surface area contributed by atoms with E-state index in [1.807, 2.05) is 25.1 Å². The maximum Gasteiger partial charge on any atom is 0.260 e. The third-order valence-corrected chi connectivity index (χ3v) is 4.10. The van der Waals surface area contributed by atoms with Crippen molar-refractivity contribution in [3.63, 3.8) is 0 Å². The Kier molecular flexibility index (Phi) is 7.68. The zero-order chi connectivity index (χ0) is 20.5. The number of nitrogens with zero attached hydrogens (tertiary/aromatic N) is 1. The number of rotatable bonds is 9. The molecule has 0 atom stereocenters. The molecule has 0 aliphatic heterocycles. The lowest BCUT2D eigenvalue weighted by Gasteiger charge is -2.22. The number of hydrogen-bond acceptors (Lipinski definition) is 5. The highest BCUT2D eigenvalue weighted by atomic mass is 16.5. The summed E-state index contributed by atoms with van der Waals surface area (Å²) in [6.07, 6.45) is 0. The molecular formula is C21H26N2O5. The minimum Gasteiger partial charge on any atom is -0.493 e. The van der Waals surface area contributed by atoms with Crippen LogP contribution in [-0.4, -0.2) is 44.1 Å². The first-order valence-corrected chi connectivity index (χ1v) is 8.96. The van der Waals surface area contributed by atoms with E-state index < -0.39 is 0 Å². The standard InChI is InChI=1S/C21H26N2O5/c1-5-23(13-16-10-11-19(26-3)20(12-16)27-4)21(25)14-28-18-9-7-6-8-17(18)22-15(2)24/h6-12H,5,13-14H2,1-4H3,(H,22,24). The number of hydrogen-bond donors (Lipinski definition) is 1. The summed E-state index contributed by atoms with van der Waals surface area (Å²) in [4.78, 5) is 25.6. The first-order valence-electron chi connectivity index (χ1n) is 8.96. The summed E-state index contributed by atoms with van der Waals surface area (Å²) in [5.74, 6) is 1.34. The number of ether oxygens (including phenoxy) is 3. The topological polar surface area (TPSA) is 77.1 Å². The van der Waals surface area contributed by atoms with Crippen molar-refractivity contribution in [2.75, 3.05) is 32.7 Å². The Morgan fingerprint density at radius 2 is 1.71 bits per heavy atom. The van der Waals surface area contributed by atoms with Gasteiger partial charge in [0.15, 0.2) is 18.1 Å². The molecule has 0 aromatic heterocycles. The lowest BCUT2D eigenvalue weighted by atomic mass is 10.2. The van der Waals surface area contributed by atoms with E-state index in [0.29, 0.717) is 36.0 Å². The summed E-state index contributed by atoms with van der Waals surface area (Å²) < 4.78 is 16.2. The van der Waals surface area contributed by atoms with Crippen molar-refractivity contribution in [1.82, 2.24) is 4.90 Å². The molecule has 0 saturated heterocycles. The molecule has 1 N–H and O–H groups in total. The van der Waals surface area contributed by atoms with E-state index in [9.17, 15) is 9.59 Å². The van der Waals surface area contributed by atoms with Gasteiger partial charge in [-0.25, -0.2) is 0 Å². The molecule has 0 aliphatic carbocycles. The Hall–Kier alpha value is -3.22. The summed E-state index contributed by atoms with van der Waals surface area (Å²) in [6, 6.07) is 12.6. The van der Waals surface area contributed by atoms with Crippen LogP contribution >= 0.6 is 0 Å². The molecule has 0 fully saturated rings. The first kappa shape index (κ1) is 21.1. The summed E-state index contributed by atoms with van der Waals surface area (Å²) in [6.45, 7) is 4.15. The van der Waals surface area contributed by atoms with Crippen LogP contribution in [0.25, 0.3) is 0 Å². The zero-order valence-electron chi connectivity index (χ0n) is 16.7. The van der Waals surface area contributed by atoms with Crippen LogP contribution < -0.4 is 19.5 Å². The highest BCUT2D eigenvalue weighted by Crippen LogP contribution is 2.28. The molecule has 28 heavy (non-hydrogen) atoms. The van der Waals surface area contributed by atoms with Gasteiger partial charge < -0.3 is 24.4 Å². The Labute approximate surface area is 165 Å². The molecule has 2 aromatic carbocycles. The Bertz CT molecular complexity index is 822. The second kappa shape index (κ2) is 10.2. The molecule has 7 nitrogen and oxygen atoms in total. The highest BCUT2D eigenvalue weighted by Gasteiger charge is 2.15. The molecular weight excluding hydrogens is 360 g/mol. The SMILES string of the molecule is CCN(Cc1ccc(OC)c(OC)c1)C(=O)COc1ccccc1NC(C)=O. The van der Waals surface area contributed by atoms with Gasteiger partial charge in [0.1, 0.15) is 5.75 Å². The van der Waals surface area contributed by atoms with Crippen molar-refractivity contribution in [3.05, 3.63) is 48.0 Å². The van der Waals surface area contributed by atoms with E-state index in [1.54, 1.807) is 43.4 Å². The second-order valence-corrected chi connectivity index (χ2v) is 6.06. The molecule has 2 aromatic rings. The van der Waals surface area contributed by atoms with Crippen LogP contribution in [0.4, 0.5) is 5.69 Å². The van der Waals surface area contributed by atoms with E-state index in [0.717, 1.165) is 5.56 Å². The molecule has 2 amide bonds. The summed E-state index contributed by atoms with van der Waals surface area (Å²) in [5, 5.41) is 2.69. The number of likely N-dealkylation sites (N-methyl/N-ethyl adjacent to an activating group) is 1. The van der Waals surface area contributed by atoms with Gasteiger partial charge in [0.05, 0.1) is 19.9 Å². The molecule has 0 saturated carbocycles. The third-order valence-electron chi connectivity index (χ3n) is 4.10. The maximum atomic E-state index is 12.6. The van der Waals surface area contributed by atoms with Gasteiger partial charge in [-0.3, -0.25) is 9.59 Å². The number of carbonyl (C=O) groups excluding carboxylic acids is 2. The fourth-order valence-corrected chi connectivity index (χ4v) is 2.69. The van der Waals surface area contributed by atoms with Gasteiger partial charge >= 0.3 is 0 Å². The lowest BCUT2D eigenvalue weighted by Crippen LogP contribution is -2.34. The van der Waals surface area contributed by atoms with Crippen molar-refractivity contribution in [1.29, 1.82) is 0 Å². The Morgan fingerprint density at radius 3 is 2.36 bits per heavy atom. The Morgan fingerprint density at radius 1 is 1.00 bits per heavy atom. The third kappa shape index (κ3) is 5.64. The lowest BCUT2D eigenvalue weighted by molar-refractivity contribution is -0.133. The van der Waals surface area contributed by atoms with E-state index >= 15 is 0 Å². The molecule has 0 heterocycles. The van der Waals surface area contributed by atoms with Crippen LogP contribution in [-0.2, 0) is 16.1 Å². The van der Waals surface area contributed by atoms with Gasteiger partial charge in [0.2, 0.25) is 5.91 Å². The van der Waals surface area contributed by atoms with Gasteiger partial charge in [0.25, 0.3) is 5.91 Å². The van der Waals surface area contributed by atoms with Crippen molar-refractivity contribution < 1.29 is 23.8 Å². The minimum absolute atomic E-state index is 0.127. The van der Waals surface area contributed by atoms with Crippen LogP contribution in [0.15, 0.2) is 42.5 Å². The van der Waals surface area contributed by atoms with Crippen LogP contribution in [0, 0.1) is 0 Å². The number of carbonyl (C=O) groups is 2. The fraction of sp³-hybridized carbons (Fsp3) is 0.333. The minimum atomic E-state index is -0.203. The average molecular weight is 386 g/mol. The predicted octanol–water partition coefficient (Wildman–Crippen LogP) is 3.09. The quantitative estimate of drug-likeness (QED) is 0.717. The van der Waals surface area contributed by atoms with Gasteiger partial charge in [-0.15, -0.1) is 0 Å². The molecule has 0 bridgehead atoms. The van der Waals surface area contributed by atoms with Crippen LogP contribution in [0.1, 0.15) is 19.4 Å². The van der Waals surface area contributed by atoms with E-state index in [1.165, 1.54) is 6.92 Å². The van der Waals surface area contributed by atoms with E-state index in [-0.39, 0.29) is 18.4 Å². The highest BCUT2D eigenvalue weighted by molar-refractivity contribution is 5.90. The monoisotopic (exact) mass is 386 g/mol. The number of methoxy groups -OCH3 is 2. The first-order chi connectivity index (χ1) is 13.5. The van der Waals surface area contributed by atoms with E-state index in [4.69, 9.17) is 14.2 Å². The maximum absolute atomic E-state index is 12.6. The number of amides is 2. The van der Waals surface area contributed by atoms with Crippen LogP contribution in [0.2, 0.25) is 0 Å². The zero-order valence-corrected chi connectivity index (χ0v) is 16.7.